The fourth-order valence-corrected chi connectivity index (χ4v) is 2.60. The summed E-state index contributed by atoms with van der Waals surface area (Å²) in [6.45, 7) is 5.71. The molecule has 0 aliphatic rings. The molecule has 16 heavy (non-hydrogen) atoms. The molecule has 0 saturated carbocycles. The molecule has 1 unspecified atom stereocenters. The van der Waals surface area contributed by atoms with E-state index in [9.17, 15) is 0 Å². The summed E-state index contributed by atoms with van der Waals surface area (Å²) in [5.41, 5.74) is 5.73. The van der Waals surface area contributed by atoms with Crippen LogP contribution in [0.4, 0.5) is 10.8 Å². The fourth-order valence-electron chi connectivity index (χ4n) is 1.65. The molecule has 1 atom stereocenters. The molecule has 1 aromatic heterocycles. The number of nitrogens with two attached hydrogens (primary N) is 1. The first-order valence-electron chi connectivity index (χ1n) is 5.20. The Hall–Kier alpha value is -1.01. The summed E-state index contributed by atoms with van der Waals surface area (Å²) >= 11 is 1.36. The molecule has 5 nitrogen and oxygen atoms in total. The maximum Gasteiger partial charge on any atom is 0.197 e. The van der Waals surface area contributed by atoms with Gasteiger partial charge in [-0.1, -0.05) is 0 Å². The van der Waals surface area contributed by atoms with E-state index in [1.807, 2.05) is 0 Å². The molecule has 0 spiro atoms. The van der Waals surface area contributed by atoms with Crippen LogP contribution in [0.2, 0.25) is 0 Å². The second-order valence-corrected chi connectivity index (χ2v) is 4.25. The van der Waals surface area contributed by atoms with E-state index in [1.54, 1.807) is 14.2 Å². The first-order chi connectivity index (χ1) is 7.65. The smallest absolute Gasteiger partial charge is 0.197 e. The zero-order valence-corrected chi connectivity index (χ0v) is 11.0. The van der Waals surface area contributed by atoms with Gasteiger partial charge in [-0.2, -0.15) is 4.37 Å². The summed E-state index contributed by atoms with van der Waals surface area (Å²) < 4.78 is 14.5. The highest BCUT2D eigenvalue weighted by Crippen LogP contribution is 2.38. The van der Waals surface area contributed by atoms with Crippen molar-refractivity contribution >= 4 is 22.4 Å². The zero-order chi connectivity index (χ0) is 12.1. The monoisotopic (exact) mass is 245 g/mol. The Morgan fingerprint density at radius 2 is 2.19 bits per heavy atom. The average molecular weight is 245 g/mol. The van der Waals surface area contributed by atoms with Gasteiger partial charge in [-0.15, -0.1) is 0 Å². The predicted octanol–water partition coefficient (Wildman–Crippen LogP) is 1.60. The van der Waals surface area contributed by atoms with Gasteiger partial charge in [0.05, 0.1) is 19.8 Å². The lowest BCUT2D eigenvalue weighted by atomic mass is 10.3. The van der Waals surface area contributed by atoms with Crippen molar-refractivity contribution in [2.75, 3.05) is 38.0 Å². The van der Waals surface area contributed by atoms with Crippen LogP contribution in [0.1, 0.15) is 13.8 Å². The number of rotatable bonds is 6. The number of likely N-dealkylation sites (N-methyl/N-ethyl adjacent to an activating group) is 1. The van der Waals surface area contributed by atoms with E-state index < -0.39 is 0 Å². The first kappa shape index (κ1) is 13.1. The maximum atomic E-state index is 5.73. The highest BCUT2D eigenvalue weighted by molar-refractivity contribution is 7.11. The number of hydrogen-bond donors (Lipinski definition) is 1. The molecule has 0 aliphatic heterocycles. The van der Waals surface area contributed by atoms with Gasteiger partial charge in [0, 0.05) is 13.7 Å². The summed E-state index contributed by atoms with van der Waals surface area (Å²) in [7, 11) is 3.31. The molecule has 92 valence electrons. The van der Waals surface area contributed by atoms with Gasteiger partial charge in [0.25, 0.3) is 0 Å². The standard InChI is InChI=1S/C10H19N3O2S/c1-5-13(7(2)6-14-3)10-8(15-4)9(11)12-16-10/h7H,5-6H2,1-4H3,(H2,11,12). The Morgan fingerprint density at radius 3 is 2.69 bits per heavy atom. The first-order valence-corrected chi connectivity index (χ1v) is 5.97. The Balaban J connectivity index is 2.94. The van der Waals surface area contributed by atoms with Gasteiger partial charge >= 0.3 is 0 Å². The molecule has 0 fully saturated rings. The Kier molecular flexibility index (Phi) is 4.82. The normalized spacial score (nSPS) is 12.5. The van der Waals surface area contributed by atoms with Crippen LogP contribution in [0.5, 0.6) is 5.75 Å². The van der Waals surface area contributed by atoms with Crippen LogP contribution in [0.3, 0.4) is 0 Å². The molecule has 2 N–H and O–H groups in total. The molecule has 0 saturated heterocycles. The minimum absolute atomic E-state index is 0.267. The molecule has 1 rings (SSSR count). The van der Waals surface area contributed by atoms with Gasteiger partial charge < -0.3 is 20.1 Å². The van der Waals surface area contributed by atoms with E-state index in [2.05, 4.69) is 23.1 Å². The summed E-state index contributed by atoms with van der Waals surface area (Å²) in [6.07, 6.45) is 0. The van der Waals surface area contributed by atoms with Crippen LogP contribution in [0, 0.1) is 0 Å². The van der Waals surface area contributed by atoms with E-state index in [-0.39, 0.29) is 6.04 Å². The third kappa shape index (κ3) is 2.56. The largest absolute Gasteiger partial charge is 0.490 e. The van der Waals surface area contributed by atoms with E-state index in [1.165, 1.54) is 11.5 Å². The van der Waals surface area contributed by atoms with Crippen molar-refractivity contribution in [3.05, 3.63) is 0 Å². The number of hydrogen-bond acceptors (Lipinski definition) is 6. The molecule has 0 aromatic carbocycles. The number of ether oxygens (including phenoxy) is 2. The van der Waals surface area contributed by atoms with Crippen LogP contribution in [0.25, 0.3) is 0 Å². The highest BCUT2D eigenvalue weighted by Gasteiger charge is 2.21. The second kappa shape index (κ2) is 5.91. The van der Waals surface area contributed by atoms with Gasteiger partial charge in [-0.05, 0) is 25.4 Å². The number of nitrogens with zero attached hydrogens (tertiary/aromatic N) is 2. The summed E-state index contributed by atoms with van der Waals surface area (Å²) in [5, 5.41) is 0.965. The van der Waals surface area contributed by atoms with E-state index in [0.717, 1.165) is 11.5 Å². The zero-order valence-electron chi connectivity index (χ0n) is 10.2. The molecular formula is C10H19N3O2S. The van der Waals surface area contributed by atoms with Crippen molar-refractivity contribution < 1.29 is 9.47 Å². The molecule has 0 amide bonds. The minimum atomic E-state index is 0.267. The number of aromatic nitrogens is 1. The SMILES string of the molecule is CCN(c1snc(N)c1OC)C(C)COC. The van der Waals surface area contributed by atoms with Crippen LogP contribution >= 0.6 is 11.5 Å². The van der Waals surface area contributed by atoms with Crippen molar-refractivity contribution in [1.82, 2.24) is 4.37 Å². The molecule has 0 radical (unpaired) electrons. The molecule has 6 heteroatoms. The third-order valence-electron chi connectivity index (χ3n) is 2.40. The van der Waals surface area contributed by atoms with Gasteiger partial charge in [0.2, 0.25) is 0 Å². The lowest BCUT2D eigenvalue weighted by molar-refractivity contribution is 0.182. The van der Waals surface area contributed by atoms with Gasteiger partial charge in [-0.25, -0.2) is 0 Å². The quantitative estimate of drug-likeness (QED) is 0.824. The average Bonchev–Trinajstić information content (AvgIpc) is 2.61. The van der Waals surface area contributed by atoms with E-state index >= 15 is 0 Å². The summed E-state index contributed by atoms with van der Waals surface area (Å²) in [4.78, 5) is 2.18. The van der Waals surface area contributed by atoms with Crippen molar-refractivity contribution in [3.8, 4) is 5.75 Å². The van der Waals surface area contributed by atoms with Gasteiger partial charge in [-0.3, -0.25) is 0 Å². The molecule has 1 aromatic rings. The fraction of sp³-hybridized carbons (Fsp3) is 0.700. The maximum absolute atomic E-state index is 5.73. The summed E-state index contributed by atoms with van der Waals surface area (Å²) in [6, 6.07) is 0.267. The van der Waals surface area contributed by atoms with Crippen LogP contribution in [-0.2, 0) is 4.74 Å². The lowest BCUT2D eigenvalue weighted by Gasteiger charge is -2.28. The molecule has 1 heterocycles. The third-order valence-corrected chi connectivity index (χ3v) is 3.28. The minimum Gasteiger partial charge on any atom is -0.490 e. The Bertz CT molecular complexity index is 330. The topological polar surface area (TPSA) is 60.6 Å². The van der Waals surface area contributed by atoms with Crippen LogP contribution < -0.4 is 15.4 Å². The van der Waals surface area contributed by atoms with Crippen molar-refractivity contribution in [1.29, 1.82) is 0 Å². The molecule has 0 aliphatic carbocycles. The molecular weight excluding hydrogens is 226 g/mol. The highest BCUT2D eigenvalue weighted by atomic mass is 32.1. The van der Waals surface area contributed by atoms with Crippen molar-refractivity contribution in [2.24, 2.45) is 0 Å². The number of nitrogen functional groups attached to an aromatic ring is 1. The number of anilines is 2. The van der Waals surface area contributed by atoms with Crippen molar-refractivity contribution in [2.45, 2.75) is 19.9 Å². The Labute approximate surface area is 100 Å². The van der Waals surface area contributed by atoms with Crippen LogP contribution in [0.15, 0.2) is 0 Å². The van der Waals surface area contributed by atoms with Crippen LogP contribution in [-0.4, -0.2) is 37.8 Å². The lowest BCUT2D eigenvalue weighted by Crippen LogP contribution is -2.35. The predicted molar refractivity (Wildman–Crippen MR) is 67.4 cm³/mol. The van der Waals surface area contributed by atoms with Gasteiger partial charge in [0.15, 0.2) is 16.6 Å². The summed E-state index contributed by atoms with van der Waals surface area (Å²) in [5.74, 6) is 1.11. The van der Waals surface area contributed by atoms with Crippen molar-refractivity contribution in [3.63, 3.8) is 0 Å². The number of methoxy groups -OCH3 is 2. The van der Waals surface area contributed by atoms with Gasteiger partial charge in [0.1, 0.15) is 0 Å². The second-order valence-electron chi connectivity index (χ2n) is 3.50. The van der Waals surface area contributed by atoms with E-state index in [4.69, 9.17) is 15.2 Å². The van der Waals surface area contributed by atoms with E-state index in [0.29, 0.717) is 18.2 Å². The molecule has 0 bridgehead atoms. The Morgan fingerprint density at radius 1 is 1.50 bits per heavy atom.